The minimum absolute atomic E-state index is 0. The maximum Gasteiger partial charge on any atom is 0.0640 e. The van der Waals surface area contributed by atoms with Gasteiger partial charge in [-0.05, 0) is 123 Å². The van der Waals surface area contributed by atoms with E-state index in [0.717, 1.165) is 0 Å². The van der Waals surface area contributed by atoms with Gasteiger partial charge in [0.05, 0.1) is 49.3 Å². The van der Waals surface area contributed by atoms with E-state index in [1.54, 1.807) is 0 Å². The molecule has 69 heavy (non-hydrogen) atoms. The number of fused-ring (bicyclic) bond motifs is 20. The van der Waals surface area contributed by atoms with Crippen LogP contribution in [0.15, 0.2) is 141 Å². The molecule has 5 heterocycles. The van der Waals surface area contributed by atoms with E-state index >= 15 is 0 Å². The molecule has 4 saturated carbocycles. The predicted octanol–water partition coefficient (Wildman–Crippen LogP) is 10.1. The molecule has 8 N–H and O–H groups in total. The molecule has 368 valence electrons. The molecule has 0 spiro atoms. The van der Waals surface area contributed by atoms with Crippen molar-refractivity contribution in [2.24, 2.45) is 47.3 Å². The lowest BCUT2D eigenvalue weighted by molar-refractivity contribution is 0.171. The van der Waals surface area contributed by atoms with Crippen LogP contribution in [0.25, 0.3) is 0 Å². The maximum absolute atomic E-state index is 4.57. The number of hydrogen-bond acceptors (Lipinski definition) is 12. The van der Waals surface area contributed by atoms with Gasteiger partial charge in [-0.1, -0.05) is 111 Å². The van der Waals surface area contributed by atoms with Crippen LogP contribution in [-0.2, 0) is 0 Å². The molecule has 9 aliphatic rings. The van der Waals surface area contributed by atoms with Gasteiger partial charge < -0.3 is 0 Å². The highest BCUT2D eigenvalue weighted by Crippen LogP contribution is 2.58. The van der Waals surface area contributed by atoms with Gasteiger partial charge in [0.1, 0.15) is 0 Å². The number of rotatable bonds is 8. The quantitative estimate of drug-likeness (QED) is 0.0864. The summed E-state index contributed by atoms with van der Waals surface area (Å²) in [5.41, 5.74) is 0. The summed E-state index contributed by atoms with van der Waals surface area (Å²) in [6.07, 6.45) is 17.8. The Morgan fingerprint density at radius 3 is 0.710 bits per heavy atom. The third-order valence-electron chi connectivity index (χ3n) is 18.1. The van der Waals surface area contributed by atoms with E-state index in [2.05, 4.69) is 211 Å². The molecule has 4 aromatic rings. The number of nitrogens with one attached hydrogen (secondary N) is 8. The van der Waals surface area contributed by atoms with Crippen LogP contribution >= 0.6 is 59.5 Å². The summed E-state index contributed by atoms with van der Waals surface area (Å²) in [4.78, 5) is 5.47. The monoisotopic (exact) mass is 1020 g/mol. The average molecular weight is 1020 g/mol. The summed E-state index contributed by atoms with van der Waals surface area (Å²) in [6, 6.07) is 45.6. The first-order valence-electron chi connectivity index (χ1n) is 26.6. The molecule has 0 aromatic heterocycles. The smallest absolute Gasteiger partial charge is 0.0640 e. The van der Waals surface area contributed by atoms with Gasteiger partial charge in [0.25, 0.3) is 0 Å². The molecule has 8 bridgehead atoms. The molecule has 4 aliphatic carbocycles. The highest BCUT2D eigenvalue weighted by molar-refractivity contribution is 8.07. The fraction of sp³-hybridized carbons (Fsp3) is 0.571. The van der Waals surface area contributed by atoms with Crippen molar-refractivity contribution in [3.05, 3.63) is 121 Å². The summed E-state index contributed by atoms with van der Waals surface area (Å²) < 4.78 is 0. The van der Waals surface area contributed by atoms with Crippen LogP contribution in [0.3, 0.4) is 0 Å². The van der Waals surface area contributed by atoms with E-state index in [0.29, 0.717) is 93.0 Å². The second kappa shape index (κ2) is 21.6. The summed E-state index contributed by atoms with van der Waals surface area (Å²) in [5.74, 6) is 4.43. The Bertz CT molecular complexity index is 2120. The molecule has 20 unspecified atom stereocenters. The number of benzene rings is 4. The van der Waals surface area contributed by atoms with Gasteiger partial charge in [-0.15, -0.1) is 59.5 Å². The van der Waals surface area contributed by atoms with Gasteiger partial charge in [0, 0.05) is 52.4 Å². The first kappa shape index (κ1) is 48.2. The second-order valence-corrected chi connectivity index (χ2v) is 26.7. The molecule has 9 fully saturated rings. The van der Waals surface area contributed by atoms with Gasteiger partial charge in [0.15, 0.2) is 0 Å². The minimum atomic E-state index is 0. The summed E-state index contributed by atoms with van der Waals surface area (Å²) in [6.45, 7) is 0. The van der Waals surface area contributed by atoms with Gasteiger partial charge in [0.2, 0.25) is 0 Å². The number of halogens is 1. The van der Waals surface area contributed by atoms with Crippen LogP contribution in [0.4, 0.5) is 0 Å². The van der Waals surface area contributed by atoms with Crippen molar-refractivity contribution in [1.82, 2.24) is 42.5 Å². The largest absolute Gasteiger partial charge is 0.286 e. The fourth-order valence-electron chi connectivity index (χ4n) is 15.2. The Balaban J connectivity index is 0.00000492. The van der Waals surface area contributed by atoms with Crippen molar-refractivity contribution in [1.29, 1.82) is 0 Å². The Kier molecular flexibility index (Phi) is 15.1. The Morgan fingerprint density at radius 1 is 0.261 bits per heavy atom. The lowest BCUT2D eigenvalue weighted by Gasteiger charge is -2.51. The normalized spacial score (nSPS) is 42.3. The Morgan fingerprint density at radius 2 is 0.464 bits per heavy atom. The van der Waals surface area contributed by atoms with Crippen LogP contribution in [0, 0.1) is 47.3 Å². The lowest BCUT2D eigenvalue weighted by Crippen LogP contribution is -2.62. The topological polar surface area (TPSA) is 96.2 Å². The third kappa shape index (κ3) is 9.78. The average Bonchev–Trinajstić information content (AvgIpc) is 4.13. The molecule has 5 aliphatic heterocycles. The SMILES string of the molecule is Cl.c1ccc(SC2C(Sc3ccccc3)C(Sc3ccccc3)C3C4NC5NC(NC6NC(NC7NC(NC(N4)C3C2Sc2ccccc2)C2CCCCC72)C2CCCCC62)C2CCCCC52)cc1. The zero-order valence-electron chi connectivity index (χ0n) is 39.6. The van der Waals surface area contributed by atoms with Crippen LogP contribution in [0.5, 0.6) is 0 Å². The third-order valence-corrected chi connectivity index (χ3v) is 24.2. The van der Waals surface area contributed by atoms with Crippen molar-refractivity contribution < 1.29 is 0 Å². The van der Waals surface area contributed by atoms with E-state index in [4.69, 9.17) is 0 Å². The first-order chi connectivity index (χ1) is 33.7. The van der Waals surface area contributed by atoms with Crippen molar-refractivity contribution >= 4 is 59.5 Å². The molecule has 13 rings (SSSR count). The van der Waals surface area contributed by atoms with Crippen LogP contribution in [-0.4, -0.2) is 70.3 Å². The van der Waals surface area contributed by atoms with E-state index < -0.39 is 0 Å². The first-order valence-corrected chi connectivity index (χ1v) is 30.2. The van der Waals surface area contributed by atoms with Gasteiger partial charge in [-0.2, -0.15) is 0 Å². The summed E-state index contributed by atoms with van der Waals surface area (Å²) in [5, 5.41) is 36.7. The highest BCUT2D eigenvalue weighted by Gasteiger charge is 2.62. The van der Waals surface area contributed by atoms with E-state index in [-0.39, 0.29) is 37.1 Å². The predicted molar refractivity (Wildman–Crippen MR) is 290 cm³/mol. The summed E-state index contributed by atoms with van der Waals surface area (Å²) in [7, 11) is 0. The Hall–Kier alpha value is -1.75. The Labute approximate surface area is 434 Å². The molecular weight excluding hydrogens is 948 g/mol. The van der Waals surface area contributed by atoms with Gasteiger partial charge in [-0.25, -0.2) is 0 Å². The van der Waals surface area contributed by atoms with E-state index in [1.807, 2.05) is 0 Å². The standard InChI is InChI=1S/C56H72N8S4.ClH/c1-5-19-33(20-6-1)65-45-43-44(46(66-34-21-7-2-8-22-34)48(68-36-25-11-4-12-26-36)47(45)67-35-23-9-3-10-24-35)56-63-54-42-32-18-16-30-40(42)52(61-54)59-50-38-28-14-13-27-37(38)49(57-50)58-51-39-29-15-17-31-41(39)53(60-51)62-55(43)64-56;/h1-12,19-26,37-64H,13-18,27-32H2;1H. The lowest BCUT2D eigenvalue weighted by atomic mass is 9.75. The molecular formula is C56H73ClN8S4. The van der Waals surface area contributed by atoms with E-state index in [1.165, 1.54) is 96.6 Å². The van der Waals surface area contributed by atoms with Crippen molar-refractivity contribution in [3.8, 4) is 0 Å². The molecule has 4 aromatic carbocycles. The van der Waals surface area contributed by atoms with Crippen LogP contribution < -0.4 is 42.5 Å². The molecule has 0 amide bonds. The van der Waals surface area contributed by atoms with Crippen molar-refractivity contribution in [2.45, 2.75) is 167 Å². The molecule has 5 saturated heterocycles. The zero-order chi connectivity index (χ0) is 45.0. The number of thioether (sulfide) groups is 4. The van der Waals surface area contributed by atoms with Crippen molar-refractivity contribution in [3.63, 3.8) is 0 Å². The summed E-state index contributed by atoms with van der Waals surface area (Å²) >= 11 is 8.61. The van der Waals surface area contributed by atoms with Crippen LogP contribution in [0.1, 0.15) is 77.0 Å². The molecule has 8 nitrogen and oxygen atoms in total. The van der Waals surface area contributed by atoms with Crippen molar-refractivity contribution in [2.75, 3.05) is 0 Å². The molecule has 13 heteroatoms. The minimum Gasteiger partial charge on any atom is -0.286 e. The van der Waals surface area contributed by atoms with Crippen LogP contribution in [0.2, 0.25) is 0 Å². The molecule has 0 radical (unpaired) electrons. The van der Waals surface area contributed by atoms with Gasteiger partial charge >= 0.3 is 0 Å². The fourth-order valence-corrected chi connectivity index (χ4v) is 21.7. The molecule has 20 atom stereocenters. The maximum atomic E-state index is 4.57. The second-order valence-electron chi connectivity index (χ2n) is 21.7. The van der Waals surface area contributed by atoms with Gasteiger partial charge in [-0.3, -0.25) is 42.5 Å². The van der Waals surface area contributed by atoms with E-state index in [9.17, 15) is 0 Å². The number of hydrogen-bond donors (Lipinski definition) is 8. The highest BCUT2D eigenvalue weighted by atomic mass is 35.5. The zero-order valence-corrected chi connectivity index (χ0v) is 43.7.